The van der Waals surface area contributed by atoms with E-state index in [4.69, 9.17) is 0 Å². The lowest BCUT2D eigenvalue weighted by atomic mass is 10.1. The van der Waals surface area contributed by atoms with Gasteiger partial charge in [0.2, 0.25) is 23.6 Å². The standard InChI is InChI=1S/C18H14N2O4/c21-15-7-8-16(22)19(15)13-5-1-3-11-12(13)4-2-6-14(11)20-17(23)9-10-18(20)24/h1-6H,7-10H2. The summed E-state index contributed by atoms with van der Waals surface area (Å²) in [4.78, 5) is 50.6. The molecule has 2 aliphatic heterocycles. The topological polar surface area (TPSA) is 74.8 Å². The van der Waals surface area contributed by atoms with E-state index < -0.39 is 0 Å². The van der Waals surface area contributed by atoms with E-state index in [9.17, 15) is 19.2 Å². The predicted octanol–water partition coefficient (Wildman–Crippen LogP) is 2.15. The molecule has 2 heterocycles. The Hall–Kier alpha value is -3.02. The van der Waals surface area contributed by atoms with Crippen LogP contribution in [0.25, 0.3) is 10.8 Å². The third-order valence-corrected chi connectivity index (χ3v) is 4.46. The summed E-state index contributed by atoms with van der Waals surface area (Å²) in [7, 11) is 0. The number of rotatable bonds is 2. The highest BCUT2D eigenvalue weighted by atomic mass is 16.2. The number of nitrogens with zero attached hydrogens (tertiary/aromatic N) is 2. The molecule has 4 rings (SSSR count). The smallest absolute Gasteiger partial charge is 0.234 e. The van der Waals surface area contributed by atoms with E-state index in [1.165, 1.54) is 9.80 Å². The second-order valence-electron chi connectivity index (χ2n) is 5.90. The normalized spacial score (nSPS) is 18.3. The molecule has 0 radical (unpaired) electrons. The number of hydrogen-bond acceptors (Lipinski definition) is 4. The minimum atomic E-state index is -0.230. The molecule has 0 atom stereocenters. The zero-order valence-corrected chi connectivity index (χ0v) is 12.8. The van der Waals surface area contributed by atoms with Crippen LogP contribution in [0, 0.1) is 0 Å². The molecule has 0 bridgehead atoms. The van der Waals surface area contributed by atoms with Crippen molar-refractivity contribution in [1.82, 2.24) is 0 Å². The molecule has 0 saturated carbocycles. The zero-order valence-electron chi connectivity index (χ0n) is 12.8. The Morgan fingerprint density at radius 1 is 0.542 bits per heavy atom. The monoisotopic (exact) mass is 322 g/mol. The average Bonchev–Trinajstić information content (AvgIpc) is 3.08. The Morgan fingerprint density at radius 3 is 1.21 bits per heavy atom. The maximum atomic E-state index is 12.1. The number of fused-ring (bicyclic) bond motifs is 1. The first-order valence-corrected chi connectivity index (χ1v) is 7.81. The molecule has 2 aromatic rings. The fourth-order valence-electron chi connectivity index (χ4n) is 3.36. The van der Waals surface area contributed by atoms with Crippen LogP contribution in [0.4, 0.5) is 11.4 Å². The molecule has 0 spiro atoms. The van der Waals surface area contributed by atoms with Gasteiger partial charge in [-0.05, 0) is 12.1 Å². The molecule has 24 heavy (non-hydrogen) atoms. The van der Waals surface area contributed by atoms with Crippen molar-refractivity contribution in [3.8, 4) is 0 Å². The second-order valence-corrected chi connectivity index (χ2v) is 5.90. The van der Waals surface area contributed by atoms with Gasteiger partial charge in [0.1, 0.15) is 0 Å². The van der Waals surface area contributed by atoms with Crippen molar-refractivity contribution in [2.75, 3.05) is 9.80 Å². The highest BCUT2D eigenvalue weighted by Crippen LogP contribution is 2.36. The first kappa shape index (κ1) is 14.6. The van der Waals surface area contributed by atoms with Crippen LogP contribution in [0.3, 0.4) is 0 Å². The summed E-state index contributed by atoms with van der Waals surface area (Å²) in [5, 5.41) is 1.34. The lowest BCUT2D eigenvalue weighted by molar-refractivity contribution is -0.122. The molecule has 0 N–H and O–H groups in total. The highest BCUT2D eigenvalue weighted by Gasteiger charge is 2.33. The number of amides is 4. The molecule has 2 fully saturated rings. The molecule has 0 aromatic heterocycles. The molecule has 2 aromatic carbocycles. The van der Waals surface area contributed by atoms with Crippen LogP contribution in [0.1, 0.15) is 25.7 Å². The van der Waals surface area contributed by atoms with Gasteiger partial charge in [-0.2, -0.15) is 0 Å². The molecule has 0 unspecified atom stereocenters. The van der Waals surface area contributed by atoms with Gasteiger partial charge in [0.15, 0.2) is 0 Å². The van der Waals surface area contributed by atoms with Gasteiger partial charge in [-0.25, -0.2) is 9.80 Å². The SMILES string of the molecule is O=C1CCC(=O)N1c1cccc2c(N3C(=O)CCC3=O)cccc12. The fraction of sp³-hybridized carbons (Fsp3) is 0.222. The molecule has 6 heteroatoms. The van der Waals surface area contributed by atoms with E-state index in [2.05, 4.69) is 0 Å². The first-order valence-electron chi connectivity index (χ1n) is 7.81. The Bertz CT molecular complexity index is 811. The quantitative estimate of drug-likeness (QED) is 0.794. The lowest BCUT2D eigenvalue weighted by Gasteiger charge is -2.20. The number of imide groups is 2. The summed E-state index contributed by atoms with van der Waals surface area (Å²) < 4.78 is 0. The van der Waals surface area contributed by atoms with Crippen molar-refractivity contribution in [3.05, 3.63) is 36.4 Å². The van der Waals surface area contributed by atoms with Crippen LogP contribution in [-0.2, 0) is 19.2 Å². The number of carbonyl (C=O) groups excluding carboxylic acids is 4. The van der Waals surface area contributed by atoms with Crippen molar-refractivity contribution in [2.24, 2.45) is 0 Å². The Labute approximate surface area is 137 Å². The zero-order chi connectivity index (χ0) is 16.8. The summed E-state index contributed by atoms with van der Waals surface area (Å²) in [6, 6.07) is 10.5. The molecule has 0 aliphatic carbocycles. The van der Waals surface area contributed by atoms with E-state index in [0.717, 1.165) is 0 Å². The van der Waals surface area contributed by atoms with E-state index in [-0.39, 0.29) is 49.3 Å². The van der Waals surface area contributed by atoms with Crippen LogP contribution in [0.2, 0.25) is 0 Å². The first-order chi connectivity index (χ1) is 11.6. The van der Waals surface area contributed by atoms with Crippen LogP contribution in [-0.4, -0.2) is 23.6 Å². The molecular weight excluding hydrogens is 308 g/mol. The number of hydrogen-bond donors (Lipinski definition) is 0. The Balaban J connectivity index is 1.92. The largest absolute Gasteiger partial charge is 0.274 e. The van der Waals surface area contributed by atoms with Crippen molar-refractivity contribution in [1.29, 1.82) is 0 Å². The maximum absolute atomic E-state index is 12.1. The maximum Gasteiger partial charge on any atom is 0.234 e. The van der Waals surface area contributed by atoms with Crippen LogP contribution in [0.5, 0.6) is 0 Å². The van der Waals surface area contributed by atoms with Crippen LogP contribution in [0.15, 0.2) is 36.4 Å². The van der Waals surface area contributed by atoms with Gasteiger partial charge in [0.05, 0.1) is 11.4 Å². The number of anilines is 2. The van der Waals surface area contributed by atoms with Gasteiger partial charge in [0.25, 0.3) is 0 Å². The molecular formula is C18H14N2O4. The van der Waals surface area contributed by atoms with Gasteiger partial charge < -0.3 is 0 Å². The van der Waals surface area contributed by atoms with Crippen molar-refractivity contribution < 1.29 is 19.2 Å². The van der Waals surface area contributed by atoms with Gasteiger partial charge in [0, 0.05) is 36.5 Å². The van der Waals surface area contributed by atoms with Gasteiger partial charge in [-0.3, -0.25) is 19.2 Å². The third kappa shape index (κ3) is 2.03. The summed E-state index contributed by atoms with van der Waals surface area (Å²) in [6.45, 7) is 0. The van der Waals surface area contributed by atoms with Crippen molar-refractivity contribution in [2.45, 2.75) is 25.7 Å². The van der Waals surface area contributed by atoms with Gasteiger partial charge in [-0.15, -0.1) is 0 Å². The predicted molar refractivity (Wildman–Crippen MR) is 87.4 cm³/mol. The second kappa shape index (κ2) is 5.26. The molecule has 2 aliphatic rings. The fourth-order valence-corrected chi connectivity index (χ4v) is 3.36. The van der Waals surface area contributed by atoms with E-state index in [0.29, 0.717) is 22.1 Å². The lowest BCUT2D eigenvalue weighted by Crippen LogP contribution is -2.30. The van der Waals surface area contributed by atoms with Crippen LogP contribution >= 0.6 is 0 Å². The number of carbonyl (C=O) groups is 4. The molecule has 4 amide bonds. The Kier molecular flexibility index (Phi) is 3.19. The minimum Gasteiger partial charge on any atom is -0.274 e. The Morgan fingerprint density at radius 2 is 0.875 bits per heavy atom. The molecule has 2 saturated heterocycles. The summed E-state index contributed by atoms with van der Waals surface area (Å²) in [5.41, 5.74) is 1.00. The van der Waals surface area contributed by atoms with Crippen molar-refractivity contribution in [3.63, 3.8) is 0 Å². The van der Waals surface area contributed by atoms with E-state index in [1.807, 2.05) is 0 Å². The summed E-state index contributed by atoms with van der Waals surface area (Å²) in [6.07, 6.45) is 0.825. The summed E-state index contributed by atoms with van der Waals surface area (Å²) >= 11 is 0. The molecule has 6 nitrogen and oxygen atoms in total. The number of benzene rings is 2. The third-order valence-electron chi connectivity index (χ3n) is 4.46. The minimum absolute atomic E-state index is 0.206. The van der Waals surface area contributed by atoms with E-state index >= 15 is 0 Å². The van der Waals surface area contributed by atoms with Gasteiger partial charge >= 0.3 is 0 Å². The van der Waals surface area contributed by atoms with E-state index in [1.54, 1.807) is 36.4 Å². The summed E-state index contributed by atoms with van der Waals surface area (Å²) in [5.74, 6) is -0.921. The van der Waals surface area contributed by atoms with Crippen LogP contribution < -0.4 is 9.80 Å². The van der Waals surface area contributed by atoms with Crippen molar-refractivity contribution >= 4 is 45.8 Å². The van der Waals surface area contributed by atoms with Gasteiger partial charge in [-0.1, -0.05) is 24.3 Å². The molecule has 120 valence electrons. The average molecular weight is 322 g/mol. The highest BCUT2D eigenvalue weighted by molar-refractivity contribution is 6.26.